The fourth-order valence-electron chi connectivity index (χ4n) is 3.73. The molecule has 2 aromatic carbocycles. The summed E-state index contributed by atoms with van der Waals surface area (Å²) in [6, 6.07) is 16.0. The number of nitrogens with one attached hydrogen (secondary N) is 2. The zero-order valence-corrected chi connectivity index (χ0v) is 15.1. The molecule has 3 atom stereocenters. The van der Waals surface area contributed by atoms with Gasteiger partial charge in [0, 0.05) is 39.0 Å². The van der Waals surface area contributed by atoms with Crippen LogP contribution >= 0.6 is 11.8 Å². The fourth-order valence-corrected chi connectivity index (χ4v) is 4.55. The summed E-state index contributed by atoms with van der Waals surface area (Å²) in [5.41, 5.74) is 6.43. The van der Waals surface area contributed by atoms with Crippen molar-refractivity contribution in [3.05, 3.63) is 59.7 Å². The van der Waals surface area contributed by atoms with E-state index in [0.29, 0.717) is 23.2 Å². The number of amides is 2. The summed E-state index contributed by atoms with van der Waals surface area (Å²) in [7, 11) is 0. The van der Waals surface area contributed by atoms with Crippen LogP contribution in [0, 0.1) is 0 Å². The van der Waals surface area contributed by atoms with Gasteiger partial charge in [0.25, 0.3) is 5.91 Å². The minimum atomic E-state index is -0.428. The molecule has 2 bridgehead atoms. The van der Waals surface area contributed by atoms with Gasteiger partial charge in [-0.15, -0.1) is 0 Å². The molecule has 2 amide bonds. The highest BCUT2D eigenvalue weighted by Gasteiger charge is 2.39. The molecule has 134 valence electrons. The summed E-state index contributed by atoms with van der Waals surface area (Å²) in [5, 5.41) is 6.70. The molecule has 0 aliphatic carbocycles. The largest absolute Gasteiger partial charge is 0.366 e. The number of carbonyl (C=O) groups excluding carboxylic acids is 2. The van der Waals surface area contributed by atoms with E-state index >= 15 is 0 Å². The minimum Gasteiger partial charge on any atom is -0.366 e. The van der Waals surface area contributed by atoms with E-state index in [1.165, 1.54) is 6.42 Å². The third-order valence-electron chi connectivity index (χ3n) is 5.11. The van der Waals surface area contributed by atoms with Gasteiger partial charge in [-0.25, -0.2) is 0 Å². The van der Waals surface area contributed by atoms with Gasteiger partial charge in [-0.2, -0.15) is 0 Å². The summed E-state index contributed by atoms with van der Waals surface area (Å²) >= 11 is 1.58. The average Bonchev–Trinajstić information content (AvgIpc) is 3.26. The Kier molecular flexibility index (Phi) is 4.70. The van der Waals surface area contributed by atoms with Crippen LogP contribution in [0.2, 0.25) is 0 Å². The normalized spacial score (nSPS) is 23.8. The van der Waals surface area contributed by atoms with E-state index in [9.17, 15) is 9.59 Å². The topological polar surface area (TPSA) is 84.2 Å². The first-order chi connectivity index (χ1) is 12.6. The zero-order valence-electron chi connectivity index (χ0n) is 14.3. The first-order valence-corrected chi connectivity index (χ1v) is 9.65. The van der Waals surface area contributed by atoms with Crippen LogP contribution in [0.4, 0.5) is 0 Å². The van der Waals surface area contributed by atoms with Crippen LogP contribution in [-0.4, -0.2) is 29.9 Å². The number of fused-ring (bicyclic) bond motifs is 2. The van der Waals surface area contributed by atoms with Crippen LogP contribution in [0.5, 0.6) is 0 Å². The molecule has 0 aromatic heterocycles. The molecular formula is C20H21N3O2S. The summed E-state index contributed by atoms with van der Waals surface area (Å²) in [6.07, 6.45) is 3.41. The predicted octanol–water partition coefficient (Wildman–Crippen LogP) is 2.56. The predicted molar refractivity (Wildman–Crippen MR) is 101 cm³/mol. The van der Waals surface area contributed by atoms with Crippen molar-refractivity contribution in [3.8, 4) is 0 Å². The highest BCUT2D eigenvalue weighted by Crippen LogP contribution is 2.29. The zero-order chi connectivity index (χ0) is 18.1. The Bertz CT molecular complexity index is 820. The fraction of sp³-hybridized carbons (Fsp3) is 0.300. The van der Waals surface area contributed by atoms with Gasteiger partial charge < -0.3 is 16.4 Å². The second-order valence-corrected chi connectivity index (χ2v) is 8.03. The number of benzene rings is 2. The second-order valence-electron chi connectivity index (χ2n) is 6.88. The first-order valence-electron chi connectivity index (χ1n) is 8.83. The number of primary amides is 1. The van der Waals surface area contributed by atoms with Gasteiger partial charge in [0.15, 0.2) is 0 Å². The monoisotopic (exact) mass is 367 g/mol. The lowest BCUT2D eigenvalue weighted by Gasteiger charge is -2.21. The van der Waals surface area contributed by atoms with Crippen molar-refractivity contribution in [2.24, 2.45) is 5.73 Å². The van der Waals surface area contributed by atoms with E-state index in [-0.39, 0.29) is 11.9 Å². The van der Waals surface area contributed by atoms with Crippen LogP contribution in [0.25, 0.3) is 0 Å². The number of hydrogen-bond donors (Lipinski definition) is 3. The van der Waals surface area contributed by atoms with E-state index in [1.54, 1.807) is 23.9 Å². The summed E-state index contributed by atoms with van der Waals surface area (Å²) in [6.45, 7) is 0. The van der Waals surface area contributed by atoms with E-state index < -0.39 is 5.91 Å². The Morgan fingerprint density at radius 1 is 0.962 bits per heavy atom. The van der Waals surface area contributed by atoms with Gasteiger partial charge in [0.2, 0.25) is 5.91 Å². The molecule has 0 saturated carbocycles. The maximum absolute atomic E-state index is 12.5. The number of nitrogens with two attached hydrogens (primary N) is 1. The third kappa shape index (κ3) is 3.61. The summed E-state index contributed by atoms with van der Waals surface area (Å²) < 4.78 is 0. The van der Waals surface area contributed by atoms with Crippen LogP contribution in [0.3, 0.4) is 0 Å². The maximum Gasteiger partial charge on any atom is 0.251 e. The lowest BCUT2D eigenvalue weighted by molar-refractivity contribution is 0.0930. The Morgan fingerprint density at radius 3 is 2.08 bits per heavy atom. The molecule has 0 radical (unpaired) electrons. The van der Waals surface area contributed by atoms with Crippen molar-refractivity contribution in [1.82, 2.24) is 10.6 Å². The van der Waals surface area contributed by atoms with Crippen LogP contribution in [0.1, 0.15) is 40.0 Å². The molecule has 0 spiro atoms. The molecule has 4 rings (SSSR count). The third-order valence-corrected chi connectivity index (χ3v) is 6.12. The lowest BCUT2D eigenvalue weighted by Crippen LogP contribution is -2.42. The molecule has 26 heavy (non-hydrogen) atoms. The highest BCUT2D eigenvalue weighted by atomic mass is 32.2. The summed E-state index contributed by atoms with van der Waals surface area (Å²) in [5.74, 6) is -0.436. The van der Waals surface area contributed by atoms with Gasteiger partial charge in [0.05, 0.1) is 0 Å². The van der Waals surface area contributed by atoms with E-state index in [1.807, 2.05) is 36.4 Å². The van der Waals surface area contributed by atoms with Crippen molar-refractivity contribution < 1.29 is 9.59 Å². The maximum atomic E-state index is 12.5. The molecule has 4 N–H and O–H groups in total. The molecule has 3 unspecified atom stereocenters. The first kappa shape index (κ1) is 17.1. The Labute approximate surface area is 156 Å². The Balaban J connectivity index is 1.37. The number of carbonyl (C=O) groups is 2. The number of hydrogen-bond acceptors (Lipinski definition) is 4. The molecular weight excluding hydrogens is 346 g/mol. The van der Waals surface area contributed by atoms with Crippen molar-refractivity contribution in [1.29, 1.82) is 0 Å². The average molecular weight is 367 g/mol. The van der Waals surface area contributed by atoms with Crippen molar-refractivity contribution >= 4 is 23.6 Å². The Hall–Kier alpha value is -2.31. The standard InChI is InChI=1S/C20H21N3O2S/c21-19(24)12-1-6-15(7-2-12)26-16-8-3-13(4-9-16)20(25)23-18-11-14-5-10-17(18)22-14/h1-4,6-9,14,17-18,22H,5,10-11H2,(H2,21,24)(H,23,25). The van der Waals surface area contributed by atoms with Crippen molar-refractivity contribution in [3.63, 3.8) is 0 Å². The van der Waals surface area contributed by atoms with Gasteiger partial charge in [0.1, 0.15) is 0 Å². The molecule has 6 heteroatoms. The van der Waals surface area contributed by atoms with Crippen LogP contribution in [-0.2, 0) is 0 Å². The van der Waals surface area contributed by atoms with E-state index in [2.05, 4.69) is 10.6 Å². The van der Waals surface area contributed by atoms with Crippen LogP contribution < -0.4 is 16.4 Å². The molecule has 2 saturated heterocycles. The highest BCUT2D eigenvalue weighted by molar-refractivity contribution is 7.99. The molecule has 5 nitrogen and oxygen atoms in total. The number of rotatable bonds is 5. The molecule has 2 aliphatic heterocycles. The molecule has 2 aromatic rings. The Morgan fingerprint density at radius 2 is 1.58 bits per heavy atom. The van der Waals surface area contributed by atoms with Crippen LogP contribution in [0.15, 0.2) is 58.3 Å². The van der Waals surface area contributed by atoms with Gasteiger partial charge in [-0.3, -0.25) is 9.59 Å². The van der Waals surface area contributed by atoms with Crippen molar-refractivity contribution in [2.45, 2.75) is 47.2 Å². The van der Waals surface area contributed by atoms with E-state index in [4.69, 9.17) is 5.73 Å². The van der Waals surface area contributed by atoms with Crippen molar-refractivity contribution in [2.75, 3.05) is 0 Å². The van der Waals surface area contributed by atoms with Gasteiger partial charge >= 0.3 is 0 Å². The molecule has 2 heterocycles. The second kappa shape index (κ2) is 7.13. The van der Waals surface area contributed by atoms with Gasteiger partial charge in [-0.05, 0) is 67.8 Å². The SMILES string of the molecule is NC(=O)c1ccc(Sc2ccc(C(=O)NC3CC4CCC3N4)cc2)cc1. The smallest absolute Gasteiger partial charge is 0.251 e. The molecule has 2 fully saturated rings. The van der Waals surface area contributed by atoms with Gasteiger partial charge in [-0.1, -0.05) is 11.8 Å². The minimum absolute atomic E-state index is 0.00767. The molecule has 2 aliphatic rings. The quantitative estimate of drug-likeness (QED) is 0.758. The van der Waals surface area contributed by atoms with E-state index in [0.717, 1.165) is 22.6 Å². The summed E-state index contributed by atoms with van der Waals surface area (Å²) in [4.78, 5) is 25.6. The lowest BCUT2D eigenvalue weighted by atomic mass is 9.95.